The van der Waals surface area contributed by atoms with Gasteiger partial charge in [-0.1, -0.05) is 50.6 Å². The summed E-state index contributed by atoms with van der Waals surface area (Å²) in [7, 11) is 0. The molecule has 1 heterocycles. The lowest BCUT2D eigenvalue weighted by molar-refractivity contribution is 0.218. The highest BCUT2D eigenvalue weighted by atomic mass is 35.5. The molecule has 2 aromatic carbocycles. The van der Waals surface area contributed by atoms with E-state index in [2.05, 4.69) is 31.8 Å². The number of aliphatic imine (C=N–C) groups is 1. The van der Waals surface area contributed by atoms with Crippen LogP contribution in [0.25, 0.3) is 0 Å². The molecule has 0 radical (unpaired) electrons. The number of halogens is 1. The normalized spacial score (nSPS) is 16.0. The summed E-state index contributed by atoms with van der Waals surface area (Å²) in [6, 6.07) is 17.9. The summed E-state index contributed by atoms with van der Waals surface area (Å²) in [5.74, 6) is 1.43. The van der Waals surface area contributed by atoms with Gasteiger partial charge in [-0.05, 0) is 72.1 Å². The summed E-state index contributed by atoms with van der Waals surface area (Å²) in [5.41, 5.74) is 4.19. The van der Waals surface area contributed by atoms with E-state index >= 15 is 0 Å². The van der Waals surface area contributed by atoms with Gasteiger partial charge in [-0.25, -0.2) is 4.99 Å². The Morgan fingerprint density at radius 2 is 1.94 bits per heavy atom. The molecule has 1 aliphatic rings. The highest BCUT2D eigenvalue weighted by Crippen LogP contribution is 2.44. The lowest BCUT2D eigenvalue weighted by Crippen LogP contribution is -2.26. The number of rotatable bonds is 5. The number of fused-ring (bicyclic) bond motifs is 1. The molecule has 0 spiro atoms. The van der Waals surface area contributed by atoms with E-state index in [1.807, 2.05) is 54.7 Å². The topological polar surface area (TPSA) is 45.4 Å². The molecular weight excluding hydrogens is 436 g/mol. The standard InChI is InChI=1S/C27H27ClN2OS/c1-27(2,3)20-10-13-22-23(15-29)26(32-25(22)14-20)30-16-18-8-11-21(12-9-18)31-17-19-6-4-5-7-24(19)28/h4-9,11-12,16,20H,10,13-14,17H2,1-3H3/t20-/m1/s1. The van der Waals surface area contributed by atoms with Crippen LogP contribution >= 0.6 is 22.9 Å². The molecule has 0 unspecified atom stereocenters. The predicted octanol–water partition coefficient (Wildman–Crippen LogP) is 7.75. The van der Waals surface area contributed by atoms with Gasteiger partial charge in [0.1, 0.15) is 23.4 Å². The minimum atomic E-state index is 0.285. The molecule has 0 aliphatic heterocycles. The third kappa shape index (κ3) is 5.06. The van der Waals surface area contributed by atoms with E-state index in [1.54, 1.807) is 11.3 Å². The van der Waals surface area contributed by atoms with Crippen LogP contribution < -0.4 is 4.74 Å². The fourth-order valence-electron chi connectivity index (χ4n) is 4.08. The van der Waals surface area contributed by atoms with Gasteiger partial charge in [-0.15, -0.1) is 11.3 Å². The summed E-state index contributed by atoms with van der Waals surface area (Å²) in [6.07, 6.45) is 4.99. The third-order valence-corrected chi connectivity index (χ3v) is 7.68. The van der Waals surface area contributed by atoms with E-state index in [0.29, 0.717) is 17.5 Å². The molecule has 0 saturated carbocycles. The van der Waals surface area contributed by atoms with Crippen molar-refractivity contribution in [3.8, 4) is 11.8 Å². The zero-order chi connectivity index (χ0) is 22.7. The fraction of sp³-hybridized carbons (Fsp3) is 0.333. The average molecular weight is 463 g/mol. The van der Waals surface area contributed by atoms with Gasteiger partial charge in [0, 0.05) is 21.7 Å². The summed E-state index contributed by atoms with van der Waals surface area (Å²) in [6.45, 7) is 7.35. The molecule has 1 aliphatic carbocycles. The molecular formula is C27H27ClN2OS. The van der Waals surface area contributed by atoms with Crippen LogP contribution in [-0.4, -0.2) is 6.21 Å². The zero-order valence-electron chi connectivity index (χ0n) is 18.7. The lowest BCUT2D eigenvalue weighted by Gasteiger charge is -2.33. The van der Waals surface area contributed by atoms with Crippen LogP contribution in [0.2, 0.25) is 5.02 Å². The van der Waals surface area contributed by atoms with Gasteiger partial charge in [0.25, 0.3) is 0 Å². The van der Waals surface area contributed by atoms with E-state index < -0.39 is 0 Å². The van der Waals surface area contributed by atoms with Crippen molar-refractivity contribution in [3.63, 3.8) is 0 Å². The van der Waals surface area contributed by atoms with E-state index in [1.165, 1.54) is 10.4 Å². The van der Waals surface area contributed by atoms with Gasteiger partial charge in [0.15, 0.2) is 0 Å². The number of thiophene rings is 1. The first kappa shape index (κ1) is 22.6. The first-order valence-corrected chi connectivity index (χ1v) is 12.1. The van der Waals surface area contributed by atoms with E-state index in [-0.39, 0.29) is 5.41 Å². The van der Waals surface area contributed by atoms with Crippen LogP contribution in [0, 0.1) is 22.7 Å². The van der Waals surface area contributed by atoms with Crippen molar-refractivity contribution in [2.24, 2.45) is 16.3 Å². The highest BCUT2D eigenvalue weighted by Gasteiger charge is 2.32. The van der Waals surface area contributed by atoms with Crippen molar-refractivity contribution in [2.45, 2.75) is 46.6 Å². The van der Waals surface area contributed by atoms with Crippen LogP contribution in [0.4, 0.5) is 5.00 Å². The molecule has 3 nitrogen and oxygen atoms in total. The van der Waals surface area contributed by atoms with Crippen LogP contribution in [0.15, 0.2) is 53.5 Å². The molecule has 1 aromatic heterocycles. The summed E-state index contributed by atoms with van der Waals surface area (Å²) in [4.78, 5) is 6.02. The van der Waals surface area contributed by atoms with Gasteiger partial charge in [-0.3, -0.25) is 0 Å². The number of hydrogen-bond donors (Lipinski definition) is 0. The number of benzene rings is 2. The van der Waals surface area contributed by atoms with Crippen molar-refractivity contribution in [2.75, 3.05) is 0 Å². The minimum Gasteiger partial charge on any atom is -0.489 e. The third-order valence-electron chi connectivity index (χ3n) is 6.15. The van der Waals surface area contributed by atoms with Crippen molar-refractivity contribution in [1.82, 2.24) is 0 Å². The van der Waals surface area contributed by atoms with Crippen LogP contribution in [0.5, 0.6) is 5.75 Å². The summed E-state index contributed by atoms with van der Waals surface area (Å²) < 4.78 is 5.85. The van der Waals surface area contributed by atoms with Gasteiger partial charge in [0.05, 0.1) is 5.56 Å². The smallest absolute Gasteiger partial charge is 0.134 e. The monoisotopic (exact) mass is 462 g/mol. The molecule has 0 fully saturated rings. The maximum absolute atomic E-state index is 9.75. The molecule has 4 rings (SSSR count). The Bertz CT molecular complexity index is 1170. The van der Waals surface area contributed by atoms with Gasteiger partial charge in [-0.2, -0.15) is 5.26 Å². The van der Waals surface area contributed by atoms with Gasteiger partial charge >= 0.3 is 0 Å². The van der Waals surface area contributed by atoms with E-state index in [0.717, 1.165) is 46.7 Å². The SMILES string of the molecule is CC(C)(C)[C@@H]1CCc2c(sc(N=Cc3ccc(OCc4ccccc4Cl)cc3)c2C#N)C1. The Morgan fingerprint density at radius 3 is 2.62 bits per heavy atom. The Labute approximate surface area is 199 Å². The van der Waals surface area contributed by atoms with Crippen LogP contribution in [-0.2, 0) is 19.4 Å². The molecule has 0 amide bonds. The summed E-state index contributed by atoms with van der Waals surface area (Å²) >= 11 is 7.87. The second kappa shape index (κ2) is 9.48. The molecule has 0 saturated heterocycles. The maximum atomic E-state index is 9.75. The quantitative estimate of drug-likeness (QED) is 0.364. The maximum Gasteiger partial charge on any atom is 0.134 e. The molecule has 5 heteroatoms. The Morgan fingerprint density at radius 1 is 1.19 bits per heavy atom. The van der Waals surface area contributed by atoms with Gasteiger partial charge in [0.2, 0.25) is 0 Å². The Balaban J connectivity index is 1.45. The van der Waals surface area contributed by atoms with Gasteiger partial charge < -0.3 is 4.74 Å². The minimum absolute atomic E-state index is 0.285. The molecule has 164 valence electrons. The Kier molecular flexibility index (Phi) is 6.69. The second-order valence-electron chi connectivity index (χ2n) is 9.31. The molecule has 3 aromatic rings. The highest BCUT2D eigenvalue weighted by molar-refractivity contribution is 7.16. The van der Waals surface area contributed by atoms with E-state index in [4.69, 9.17) is 16.3 Å². The Hall–Kier alpha value is -2.61. The number of ether oxygens (including phenoxy) is 1. The van der Waals surface area contributed by atoms with Crippen LogP contribution in [0.1, 0.15) is 54.3 Å². The number of nitrogens with zero attached hydrogens (tertiary/aromatic N) is 2. The van der Waals surface area contributed by atoms with Crippen LogP contribution in [0.3, 0.4) is 0 Å². The number of hydrogen-bond acceptors (Lipinski definition) is 4. The second-order valence-corrected chi connectivity index (χ2v) is 10.8. The van der Waals surface area contributed by atoms with Crippen molar-refractivity contribution in [3.05, 3.63) is 80.7 Å². The molecule has 1 atom stereocenters. The number of nitriles is 1. The molecule has 0 N–H and O–H groups in total. The van der Waals surface area contributed by atoms with Crippen molar-refractivity contribution in [1.29, 1.82) is 5.26 Å². The predicted molar refractivity (Wildman–Crippen MR) is 133 cm³/mol. The lowest BCUT2D eigenvalue weighted by atomic mass is 9.72. The summed E-state index contributed by atoms with van der Waals surface area (Å²) in [5, 5.41) is 11.3. The average Bonchev–Trinajstić information content (AvgIpc) is 3.14. The molecule has 32 heavy (non-hydrogen) atoms. The van der Waals surface area contributed by atoms with Crippen molar-refractivity contribution >= 4 is 34.2 Å². The molecule has 0 bridgehead atoms. The van der Waals surface area contributed by atoms with Crippen molar-refractivity contribution < 1.29 is 4.74 Å². The zero-order valence-corrected chi connectivity index (χ0v) is 20.3. The fourth-order valence-corrected chi connectivity index (χ4v) is 5.49. The first-order chi connectivity index (χ1) is 15.3. The first-order valence-electron chi connectivity index (χ1n) is 10.9. The largest absolute Gasteiger partial charge is 0.489 e. The van der Waals surface area contributed by atoms with E-state index in [9.17, 15) is 5.26 Å².